The minimum absolute atomic E-state index is 0. The van der Waals surface area contributed by atoms with Crippen molar-refractivity contribution in [3.63, 3.8) is 0 Å². The molecule has 0 aliphatic rings. The molecule has 0 atom stereocenters. The Bertz CT molecular complexity index is 99.9. The molecule has 0 rings (SSSR count). The molecule has 0 unspecified atom stereocenters. The van der Waals surface area contributed by atoms with Crippen molar-refractivity contribution in [2.45, 2.75) is 0 Å². The summed E-state index contributed by atoms with van der Waals surface area (Å²) in [7, 11) is -5.17. The molecule has 0 spiro atoms. The average molecular weight is 382 g/mol. The van der Waals surface area contributed by atoms with Crippen LogP contribution in [-0.2, 0) is 27.8 Å². The third kappa shape index (κ3) is 327000. The van der Waals surface area contributed by atoms with Gasteiger partial charge in [-0.3, -0.25) is 8.42 Å². The van der Waals surface area contributed by atoms with Gasteiger partial charge in [0.15, 0.2) is 0 Å². The molecule has 19 heavy (non-hydrogen) atoms. The van der Waals surface area contributed by atoms with Crippen molar-refractivity contribution in [3.05, 3.63) is 0 Å². The molecule has 28 N–H and O–H groups in total. The molecule has 0 bridgehead atoms. The maximum atomic E-state index is 8.52. The average Bonchev–Trinajstić information content (AvgIpc) is 0.722. The maximum Gasteiger partial charge on any atom is 3.00 e. The van der Waals surface area contributed by atoms with Crippen LogP contribution in [0.1, 0.15) is 0 Å². The Hall–Kier alpha value is -0.118. The Morgan fingerprint density at radius 3 is 0.474 bits per heavy atom. The predicted molar refractivity (Wildman–Crippen MR) is 59.8 cm³/mol. The summed E-state index contributed by atoms with van der Waals surface area (Å²) < 4.78 is 34.1. The predicted octanol–water partition coefficient (Wildman–Crippen LogP) is -10.9. The summed E-state index contributed by atoms with van der Waals surface area (Å²) in [6, 6.07) is 0. The van der Waals surface area contributed by atoms with Gasteiger partial charge >= 0.3 is 17.4 Å². The van der Waals surface area contributed by atoms with Gasteiger partial charge in [-0.1, -0.05) is 0 Å². The fourth-order valence-corrected chi connectivity index (χ4v) is 0. The van der Waals surface area contributed by atoms with E-state index >= 15 is 0 Å². The topological polar surface area (TPSA) is 495 Å². The van der Waals surface area contributed by atoms with Gasteiger partial charge in [-0.15, -0.1) is 0 Å². The summed E-state index contributed by atoms with van der Waals surface area (Å²) >= 11 is 0. The van der Waals surface area contributed by atoms with E-state index in [1.54, 1.807) is 0 Å². The molecule has 0 saturated carbocycles. The Kier molecular flexibility index (Phi) is 3110. The maximum absolute atomic E-state index is 8.52. The first-order valence-electron chi connectivity index (χ1n) is 0.667. The van der Waals surface area contributed by atoms with Crippen molar-refractivity contribution in [1.82, 2.24) is 6.15 Å². The van der Waals surface area contributed by atoms with Crippen LogP contribution in [0.25, 0.3) is 0 Å². The van der Waals surface area contributed by atoms with Gasteiger partial charge in [0.05, 0.1) is 0 Å². The van der Waals surface area contributed by atoms with Crippen LogP contribution < -0.4 is 6.15 Å². The van der Waals surface area contributed by atoms with E-state index in [1.165, 1.54) is 0 Å². The second kappa shape index (κ2) is 147. The summed E-state index contributed by atoms with van der Waals surface area (Å²) in [5.41, 5.74) is 0. The van der Waals surface area contributed by atoms with E-state index in [9.17, 15) is 0 Å². The van der Waals surface area contributed by atoms with E-state index < -0.39 is 10.4 Å². The van der Waals surface area contributed by atoms with Crippen LogP contribution in [0.5, 0.6) is 0 Å². The Morgan fingerprint density at radius 2 is 0.474 bits per heavy atom. The van der Waals surface area contributed by atoms with E-state index in [-0.39, 0.29) is 89.2 Å². The van der Waals surface area contributed by atoms with Crippen molar-refractivity contribution < 1.29 is 101 Å². The van der Waals surface area contributed by atoms with Gasteiger partial charge in [-0.25, -0.2) is 0 Å². The van der Waals surface area contributed by atoms with Gasteiger partial charge < -0.3 is 81.0 Å². The van der Waals surface area contributed by atoms with E-state index in [4.69, 9.17) is 17.5 Å². The van der Waals surface area contributed by atoms with Gasteiger partial charge in [0, 0.05) is 10.4 Å². The minimum Gasteiger partial charge on any atom is -0.759 e. The quantitative estimate of drug-likeness (QED) is 0.314. The first-order chi connectivity index (χ1) is 2.00. The smallest absolute Gasteiger partial charge is 0.759 e. The molecule has 0 aromatic carbocycles. The molecule has 17 nitrogen and oxygen atoms in total. The fraction of sp³-hybridized carbons (Fsp3) is 0. The van der Waals surface area contributed by atoms with E-state index in [1.807, 2.05) is 0 Å². The Labute approximate surface area is 118 Å². The normalized spacial score (nSPS) is 3.05. The Morgan fingerprint density at radius 1 is 0.474 bits per heavy atom. The van der Waals surface area contributed by atoms with Crippen LogP contribution in [0, 0.1) is 0 Å². The van der Waals surface area contributed by atoms with Crippen molar-refractivity contribution in [1.29, 1.82) is 0 Å². The van der Waals surface area contributed by atoms with E-state index in [2.05, 4.69) is 0 Å². The second-order valence-corrected chi connectivity index (χ2v) is 1.22. The van der Waals surface area contributed by atoms with Gasteiger partial charge in [0.25, 0.3) is 0 Å². The summed E-state index contributed by atoms with van der Waals surface area (Å²) in [6.45, 7) is 0. The van der Waals surface area contributed by atoms with Crippen LogP contribution in [0.3, 0.4) is 0 Å². The van der Waals surface area contributed by atoms with Crippen LogP contribution in [-0.4, -0.2) is 83.2 Å². The molecule has 0 saturated heterocycles. The molecule has 0 aliphatic carbocycles. The summed E-state index contributed by atoms with van der Waals surface area (Å²) in [5.74, 6) is 0. The number of rotatable bonds is 0. The molecule has 0 aliphatic heterocycles. The van der Waals surface area contributed by atoms with Gasteiger partial charge in [0.1, 0.15) is 0 Å². The van der Waals surface area contributed by atoms with E-state index in [0.717, 1.165) is 0 Å². The third-order valence-electron chi connectivity index (χ3n) is 0. The third-order valence-corrected chi connectivity index (χ3v) is 0. The standard InChI is InChI=1S/Cr.H3N.H2O4S.12H2O/c;;1-5(2,3)4;;;;;;;;;;;;/h;1H3;(H2,1,2,3,4);12*1H2/q+3;;;;;;;;;;;;;;/p-1. The van der Waals surface area contributed by atoms with Crippen molar-refractivity contribution in [2.24, 2.45) is 0 Å². The SMILES string of the molecule is O.O.O.O.O.O.O.O.O.O.O.O.O=S(=O)([O-])[O-].[Cr+3].[NH4+]. The number of hydrogen-bond acceptors (Lipinski definition) is 4. The largest absolute Gasteiger partial charge is 3.00 e. The van der Waals surface area contributed by atoms with Crippen LogP contribution in [0.15, 0.2) is 0 Å². The molecule has 19 heteroatoms. The molecule has 0 fully saturated rings. The van der Waals surface area contributed by atoms with Gasteiger partial charge in [-0.05, 0) is 0 Å². The van der Waals surface area contributed by atoms with Gasteiger partial charge in [-0.2, -0.15) is 0 Å². The molecule has 0 amide bonds. The number of quaternary nitrogens is 1. The summed E-state index contributed by atoms with van der Waals surface area (Å²) in [5, 5.41) is 0. The Balaban J connectivity index is -0.000000000879. The monoisotopic (exact) mass is 382 g/mol. The summed E-state index contributed by atoms with van der Waals surface area (Å²) in [6.07, 6.45) is 0. The summed E-state index contributed by atoms with van der Waals surface area (Å²) in [4.78, 5) is 0. The molecule has 0 aromatic rings. The molecule has 1 radical (unpaired) electrons. The van der Waals surface area contributed by atoms with Crippen molar-refractivity contribution in [3.8, 4) is 0 Å². The van der Waals surface area contributed by atoms with Crippen LogP contribution in [0.4, 0.5) is 0 Å². The zero-order valence-electron chi connectivity index (χ0n) is 9.45. The van der Waals surface area contributed by atoms with Gasteiger partial charge in [0.2, 0.25) is 0 Å². The van der Waals surface area contributed by atoms with Crippen molar-refractivity contribution in [2.75, 3.05) is 0 Å². The zero-order chi connectivity index (χ0) is 4.50. The van der Waals surface area contributed by atoms with E-state index in [0.29, 0.717) is 0 Å². The molecular weight excluding hydrogens is 354 g/mol. The zero-order valence-corrected chi connectivity index (χ0v) is 11.5. The molecule has 0 heterocycles. The molecule has 0 aromatic heterocycles. The molecule has 139 valence electrons. The fourth-order valence-electron chi connectivity index (χ4n) is 0. The van der Waals surface area contributed by atoms with Crippen LogP contribution >= 0.6 is 0 Å². The van der Waals surface area contributed by atoms with Crippen molar-refractivity contribution >= 4 is 10.4 Å². The molecular formula is H28CrNO16S+2. The second-order valence-electron chi connectivity index (χ2n) is 0.408. The first kappa shape index (κ1) is 401. The first-order valence-corrected chi connectivity index (χ1v) is 2.00. The minimum atomic E-state index is -5.17. The number of hydrogen-bond donors (Lipinski definition) is 1. The van der Waals surface area contributed by atoms with Crippen LogP contribution in [0.2, 0.25) is 0 Å².